The summed E-state index contributed by atoms with van der Waals surface area (Å²) in [6, 6.07) is 8.96. The molecule has 134 valence electrons. The molecule has 2 fully saturated rings. The standard InChI is InChI=1S/C18H24N4O3/c19-6-13-1-3-17(4-2-13)25-12-16(20)11-21-7-14-5-15(8-21)10-22(9-14)18(23)24/h1-4,14-16H,5,7-12,20H2,(H,23,24). The number of likely N-dealkylation sites (tertiary alicyclic amines) is 2. The van der Waals surface area contributed by atoms with Crippen molar-refractivity contribution in [2.45, 2.75) is 12.5 Å². The molecule has 7 heteroatoms. The fourth-order valence-electron chi connectivity index (χ4n) is 3.91. The highest BCUT2D eigenvalue weighted by molar-refractivity contribution is 5.65. The molecule has 0 aromatic heterocycles. The number of piperidine rings is 2. The van der Waals surface area contributed by atoms with E-state index in [1.165, 1.54) is 0 Å². The third-order valence-corrected chi connectivity index (χ3v) is 4.87. The molecule has 3 unspecified atom stereocenters. The maximum Gasteiger partial charge on any atom is 0.407 e. The number of nitriles is 1. The van der Waals surface area contributed by atoms with Crippen molar-refractivity contribution in [1.29, 1.82) is 5.26 Å². The largest absolute Gasteiger partial charge is 0.492 e. The molecule has 1 amide bonds. The maximum absolute atomic E-state index is 11.2. The molecule has 2 heterocycles. The molecule has 3 rings (SSSR count). The number of amides is 1. The molecule has 2 saturated heterocycles. The SMILES string of the molecule is N#Cc1ccc(OCC(N)CN2CC3CC(C2)CN(C(=O)O)C3)cc1. The highest BCUT2D eigenvalue weighted by Crippen LogP contribution is 2.28. The van der Waals surface area contributed by atoms with Gasteiger partial charge in [-0.3, -0.25) is 0 Å². The summed E-state index contributed by atoms with van der Waals surface area (Å²) in [7, 11) is 0. The van der Waals surface area contributed by atoms with Crippen LogP contribution in [0.25, 0.3) is 0 Å². The maximum atomic E-state index is 11.2. The molecular weight excluding hydrogens is 320 g/mol. The number of hydrogen-bond acceptors (Lipinski definition) is 5. The van der Waals surface area contributed by atoms with Crippen LogP contribution >= 0.6 is 0 Å². The molecule has 3 atom stereocenters. The first-order valence-electron chi connectivity index (χ1n) is 8.62. The van der Waals surface area contributed by atoms with E-state index in [0.717, 1.165) is 26.1 Å². The number of ether oxygens (including phenoxy) is 1. The zero-order valence-electron chi connectivity index (χ0n) is 14.2. The minimum absolute atomic E-state index is 0.106. The van der Waals surface area contributed by atoms with E-state index in [1.54, 1.807) is 29.2 Å². The van der Waals surface area contributed by atoms with E-state index < -0.39 is 6.09 Å². The van der Waals surface area contributed by atoms with Gasteiger partial charge in [0.2, 0.25) is 0 Å². The van der Waals surface area contributed by atoms with E-state index in [2.05, 4.69) is 11.0 Å². The summed E-state index contributed by atoms with van der Waals surface area (Å²) in [6.45, 7) is 4.20. The molecular formula is C18H24N4O3. The zero-order chi connectivity index (χ0) is 17.8. The molecule has 0 aliphatic carbocycles. The van der Waals surface area contributed by atoms with Gasteiger partial charge in [-0.1, -0.05) is 0 Å². The molecule has 2 bridgehead atoms. The summed E-state index contributed by atoms with van der Waals surface area (Å²) >= 11 is 0. The Balaban J connectivity index is 1.45. The van der Waals surface area contributed by atoms with Gasteiger partial charge in [0, 0.05) is 32.7 Å². The van der Waals surface area contributed by atoms with Crippen LogP contribution in [0.5, 0.6) is 5.75 Å². The lowest BCUT2D eigenvalue weighted by Crippen LogP contribution is -2.56. The predicted octanol–water partition coefficient (Wildman–Crippen LogP) is 1.20. The predicted molar refractivity (Wildman–Crippen MR) is 92.3 cm³/mol. The minimum atomic E-state index is -0.810. The molecule has 7 nitrogen and oxygen atoms in total. The second-order valence-electron chi connectivity index (χ2n) is 7.08. The van der Waals surface area contributed by atoms with E-state index in [9.17, 15) is 9.90 Å². The van der Waals surface area contributed by atoms with E-state index in [4.69, 9.17) is 15.7 Å². The highest BCUT2D eigenvalue weighted by Gasteiger charge is 2.36. The van der Waals surface area contributed by atoms with Crippen molar-refractivity contribution < 1.29 is 14.6 Å². The van der Waals surface area contributed by atoms with Crippen molar-refractivity contribution in [3.63, 3.8) is 0 Å². The summed E-state index contributed by atoms with van der Waals surface area (Å²) in [6.07, 6.45) is 0.299. The third-order valence-electron chi connectivity index (χ3n) is 4.87. The lowest BCUT2D eigenvalue weighted by Gasteiger charge is -2.45. The van der Waals surface area contributed by atoms with Gasteiger partial charge in [0.15, 0.2) is 0 Å². The average Bonchev–Trinajstić information content (AvgIpc) is 2.59. The Kier molecular flexibility index (Phi) is 5.41. The normalized spacial score (nSPS) is 24.4. The van der Waals surface area contributed by atoms with Crippen molar-refractivity contribution in [3.8, 4) is 11.8 Å². The Morgan fingerprint density at radius 2 is 1.92 bits per heavy atom. The number of rotatable bonds is 5. The fraction of sp³-hybridized carbons (Fsp3) is 0.556. The van der Waals surface area contributed by atoms with E-state index in [0.29, 0.717) is 42.8 Å². The number of benzene rings is 1. The van der Waals surface area contributed by atoms with Gasteiger partial charge in [0.05, 0.1) is 17.7 Å². The third kappa shape index (κ3) is 4.62. The number of hydrogen-bond donors (Lipinski definition) is 2. The molecule has 0 saturated carbocycles. The van der Waals surface area contributed by atoms with Gasteiger partial charge in [0.25, 0.3) is 0 Å². The summed E-state index contributed by atoms with van der Waals surface area (Å²) in [5, 5.41) is 18.0. The van der Waals surface area contributed by atoms with Crippen molar-refractivity contribution in [2.24, 2.45) is 17.6 Å². The minimum Gasteiger partial charge on any atom is -0.492 e. The molecule has 0 radical (unpaired) electrons. The summed E-state index contributed by atoms with van der Waals surface area (Å²) in [4.78, 5) is 15.0. The van der Waals surface area contributed by atoms with Crippen LogP contribution in [0.2, 0.25) is 0 Å². The molecule has 2 aliphatic heterocycles. The van der Waals surface area contributed by atoms with E-state index in [1.807, 2.05) is 0 Å². The Morgan fingerprint density at radius 3 is 2.48 bits per heavy atom. The zero-order valence-corrected chi connectivity index (χ0v) is 14.2. The average molecular weight is 344 g/mol. The lowest BCUT2D eigenvalue weighted by atomic mass is 9.84. The number of carbonyl (C=O) groups is 1. The van der Waals surface area contributed by atoms with Crippen LogP contribution in [0.4, 0.5) is 4.79 Å². The quantitative estimate of drug-likeness (QED) is 0.832. The van der Waals surface area contributed by atoms with Gasteiger partial charge >= 0.3 is 6.09 Å². The van der Waals surface area contributed by atoms with E-state index in [-0.39, 0.29) is 6.04 Å². The van der Waals surface area contributed by atoms with Crippen molar-refractivity contribution in [1.82, 2.24) is 9.80 Å². The summed E-state index contributed by atoms with van der Waals surface area (Å²) in [5.41, 5.74) is 6.81. The van der Waals surface area contributed by atoms with Crippen LogP contribution in [-0.4, -0.2) is 66.4 Å². The van der Waals surface area contributed by atoms with Crippen LogP contribution in [0.15, 0.2) is 24.3 Å². The van der Waals surface area contributed by atoms with E-state index >= 15 is 0 Å². The second-order valence-corrected chi connectivity index (χ2v) is 7.08. The first-order chi connectivity index (χ1) is 12.0. The van der Waals surface area contributed by atoms with Crippen molar-refractivity contribution >= 4 is 6.09 Å². The fourth-order valence-corrected chi connectivity index (χ4v) is 3.91. The number of carboxylic acid groups (broad SMARTS) is 1. The first-order valence-corrected chi connectivity index (χ1v) is 8.62. The first kappa shape index (κ1) is 17.5. The van der Waals surface area contributed by atoms with Crippen molar-refractivity contribution in [2.75, 3.05) is 39.3 Å². The summed E-state index contributed by atoms with van der Waals surface area (Å²) < 4.78 is 5.70. The molecule has 3 N–H and O–H groups in total. The topological polar surface area (TPSA) is 103 Å². The van der Waals surface area contributed by atoms with Gasteiger partial charge < -0.3 is 25.4 Å². The van der Waals surface area contributed by atoms with Crippen LogP contribution < -0.4 is 10.5 Å². The smallest absolute Gasteiger partial charge is 0.407 e. The number of nitrogens with zero attached hydrogens (tertiary/aromatic N) is 3. The molecule has 1 aromatic carbocycles. The Bertz CT molecular complexity index is 629. The monoisotopic (exact) mass is 344 g/mol. The Labute approximate surface area is 147 Å². The highest BCUT2D eigenvalue weighted by atomic mass is 16.5. The number of nitrogens with two attached hydrogens (primary N) is 1. The molecule has 2 aliphatic rings. The number of fused-ring (bicyclic) bond motifs is 2. The molecule has 0 spiro atoms. The van der Waals surface area contributed by atoms with Gasteiger partial charge in [-0.05, 0) is 42.5 Å². The van der Waals surface area contributed by atoms with Gasteiger partial charge in [-0.25, -0.2) is 4.79 Å². The van der Waals surface area contributed by atoms with Gasteiger partial charge in [-0.15, -0.1) is 0 Å². The van der Waals surface area contributed by atoms with Gasteiger partial charge in [0.1, 0.15) is 12.4 Å². The van der Waals surface area contributed by atoms with Crippen LogP contribution in [-0.2, 0) is 0 Å². The Morgan fingerprint density at radius 1 is 1.28 bits per heavy atom. The van der Waals surface area contributed by atoms with Crippen molar-refractivity contribution in [3.05, 3.63) is 29.8 Å². The molecule has 1 aromatic rings. The van der Waals surface area contributed by atoms with Gasteiger partial charge in [-0.2, -0.15) is 5.26 Å². The molecule has 25 heavy (non-hydrogen) atoms. The van der Waals surface area contributed by atoms with Crippen LogP contribution in [0.1, 0.15) is 12.0 Å². The summed E-state index contributed by atoms with van der Waals surface area (Å²) in [5.74, 6) is 1.51. The second kappa shape index (κ2) is 7.72. The Hall–Kier alpha value is -2.30. The lowest BCUT2D eigenvalue weighted by molar-refractivity contribution is 0.0295. The van der Waals surface area contributed by atoms with Crippen LogP contribution in [0, 0.1) is 23.2 Å². The van der Waals surface area contributed by atoms with Crippen LogP contribution in [0.3, 0.4) is 0 Å².